The molecule has 1 aliphatic rings. The van der Waals surface area contributed by atoms with Crippen LogP contribution in [0.2, 0.25) is 0 Å². The van der Waals surface area contributed by atoms with Crippen LogP contribution in [0.3, 0.4) is 0 Å². The highest BCUT2D eigenvalue weighted by Gasteiger charge is 2.19. The molecule has 1 nitrogen and oxygen atoms in total. The zero-order chi connectivity index (χ0) is 12.5. The van der Waals surface area contributed by atoms with Crippen LogP contribution < -0.4 is 4.74 Å². The van der Waals surface area contributed by atoms with Crippen molar-refractivity contribution in [1.82, 2.24) is 0 Å². The summed E-state index contributed by atoms with van der Waals surface area (Å²) in [5, 5.41) is 0. The molecule has 2 aromatic rings. The van der Waals surface area contributed by atoms with Crippen molar-refractivity contribution < 1.29 is 4.74 Å². The van der Waals surface area contributed by atoms with Gasteiger partial charge in [-0.05, 0) is 24.5 Å². The van der Waals surface area contributed by atoms with Crippen molar-refractivity contribution >= 4 is 0 Å². The quantitative estimate of drug-likeness (QED) is 0.763. The Labute approximate surface area is 108 Å². The van der Waals surface area contributed by atoms with E-state index in [1.165, 1.54) is 27.8 Å². The normalized spacial score (nSPS) is 13.2. The lowest BCUT2D eigenvalue weighted by molar-refractivity contribution is 0.358. The molecule has 92 valence electrons. The number of fused-ring (bicyclic) bond motifs is 1. The smallest absolute Gasteiger partial charge is 0.130 e. The Bertz CT molecular complexity index is 567. The zero-order valence-corrected chi connectivity index (χ0v) is 11.0. The van der Waals surface area contributed by atoms with Crippen LogP contribution in [-0.4, -0.2) is 6.61 Å². The fraction of sp³-hybridized carbons (Fsp3) is 0.294. The fourth-order valence-corrected chi connectivity index (χ4v) is 2.65. The Morgan fingerprint density at radius 3 is 2.56 bits per heavy atom. The molecular weight excluding hydrogens is 220 g/mol. The van der Waals surface area contributed by atoms with Gasteiger partial charge in [-0.15, -0.1) is 0 Å². The van der Waals surface area contributed by atoms with E-state index < -0.39 is 0 Å². The number of aryl methyl sites for hydroxylation is 2. The second-order valence-electron chi connectivity index (χ2n) is 4.90. The maximum Gasteiger partial charge on any atom is 0.130 e. The SMILES string of the molecule is CCc1ccc(-c2ccc(C)cc2)c2c1CCO2. The van der Waals surface area contributed by atoms with E-state index in [2.05, 4.69) is 50.2 Å². The summed E-state index contributed by atoms with van der Waals surface area (Å²) in [7, 11) is 0. The second-order valence-corrected chi connectivity index (χ2v) is 4.90. The second kappa shape index (κ2) is 4.49. The number of hydrogen-bond donors (Lipinski definition) is 0. The van der Waals surface area contributed by atoms with Gasteiger partial charge < -0.3 is 4.74 Å². The molecule has 0 N–H and O–H groups in total. The van der Waals surface area contributed by atoms with E-state index in [9.17, 15) is 0 Å². The van der Waals surface area contributed by atoms with E-state index in [4.69, 9.17) is 4.74 Å². The fourth-order valence-electron chi connectivity index (χ4n) is 2.65. The molecule has 0 saturated heterocycles. The van der Waals surface area contributed by atoms with E-state index in [-0.39, 0.29) is 0 Å². The molecule has 0 fully saturated rings. The van der Waals surface area contributed by atoms with Gasteiger partial charge in [0.15, 0.2) is 0 Å². The predicted octanol–water partition coefficient (Wildman–Crippen LogP) is 4.16. The van der Waals surface area contributed by atoms with Crippen LogP contribution in [0.25, 0.3) is 11.1 Å². The number of benzene rings is 2. The Hall–Kier alpha value is -1.76. The van der Waals surface area contributed by atoms with Gasteiger partial charge in [-0.2, -0.15) is 0 Å². The topological polar surface area (TPSA) is 9.23 Å². The van der Waals surface area contributed by atoms with Crippen molar-refractivity contribution in [1.29, 1.82) is 0 Å². The van der Waals surface area contributed by atoms with Gasteiger partial charge in [0.25, 0.3) is 0 Å². The standard InChI is InChI=1S/C17H18O/c1-3-13-8-9-15(17-16(13)10-11-18-17)14-6-4-12(2)5-7-14/h4-9H,3,10-11H2,1-2H3. The van der Waals surface area contributed by atoms with Crippen LogP contribution in [0, 0.1) is 6.92 Å². The van der Waals surface area contributed by atoms with Gasteiger partial charge in [0.2, 0.25) is 0 Å². The molecule has 0 bridgehead atoms. The maximum absolute atomic E-state index is 5.86. The highest BCUT2D eigenvalue weighted by atomic mass is 16.5. The van der Waals surface area contributed by atoms with E-state index in [1.54, 1.807) is 0 Å². The molecule has 2 aromatic carbocycles. The van der Waals surface area contributed by atoms with Crippen LogP contribution >= 0.6 is 0 Å². The van der Waals surface area contributed by atoms with Crippen LogP contribution in [0.4, 0.5) is 0 Å². The molecule has 0 spiro atoms. The Morgan fingerprint density at radius 1 is 1.06 bits per heavy atom. The third-order valence-corrected chi connectivity index (χ3v) is 3.70. The van der Waals surface area contributed by atoms with Crippen molar-refractivity contribution in [2.75, 3.05) is 6.61 Å². The van der Waals surface area contributed by atoms with Gasteiger partial charge in [0, 0.05) is 17.5 Å². The monoisotopic (exact) mass is 238 g/mol. The third kappa shape index (κ3) is 1.80. The van der Waals surface area contributed by atoms with Crippen LogP contribution in [-0.2, 0) is 12.8 Å². The summed E-state index contributed by atoms with van der Waals surface area (Å²) in [5.74, 6) is 1.11. The lowest BCUT2D eigenvalue weighted by atomic mass is 9.95. The third-order valence-electron chi connectivity index (χ3n) is 3.70. The van der Waals surface area contributed by atoms with Crippen molar-refractivity contribution in [2.24, 2.45) is 0 Å². The average molecular weight is 238 g/mol. The zero-order valence-electron chi connectivity index (χ0n) is 11.0. The number of rotatable bonds is 2. The van der Waals surface area contributed by atoms with Gasteiger partial charge in [-0.1, -0.05) is 48.9 Å². The molecule has 18 heavy (non-hydrogen) atoms. The molecule has 0 radical (unpaired) electrons. The minimum absolute atomic E-state index is 0.825. The summed E-state index contributed by atoms with van der Waals surface area (Å²) in [6.07, 6.45) is 2.14. The molecule has 0 saturated carbocycles. The van der Waals surface area contributed by atoms with Crippen molar-refractivity contribution in [3.05, 3.63) is 53.1 Å². The van der Waals surface area contributed by atoms with Crippen LogP contribution in [0.15, 0.2) is 36.4 Å². The molecule has 0 atom stereocenters. The molecule has 0 aromatic heterocycles. The first-order valence-corrected chi connectivity index (χ1v) is 6.64. The van der Waals surface area contributed by atoms with Gasteiger partial charge in [-0.3, -0.25) is 0 Å². The molecule has 1 heterocycles. The van der Waals surface area contributed by atoms with E-state index in [0.29, 0.717) is 0 Å². The van der Waals surface area contributed by atoms with Crippen molar-refractivity contribution in [2.45, 2.75) is 26.7 Å². The first kappa shape index (κ1) is 11.3. The molecular formula is C17H18O. The summed E-state index contributed by atoms with van der Waals surface area (Å²) >= 11 is 0. The number of ether oxygens (including phenoxy) is 1. The number of hydrogen-bond acceptors (Lipinski definition) is 1. The largest absolute Gasteiger partial charge is 0.492 e. The summed E-state index contributed by atoms with van der Waals surface area (Å²) in [6, 6.07) is 13.1. The van der Waals surface area contributed by atoms with Gasteiger partial charge in [0.1, 0.15) is 5.75 Å². The summed E-state index contributed by atoms with van der Waals surface area (Å²) in [5.41, 5.74) is 6.62. The lowest BCUT2D eigenvalue weighted by Crippen LogP contribution is -1.91. The molecule has 1 aliphatic heterocycles. The van der Waals surface area contributed by atoms with Gasteiger partial charge >= 0.3 is 0 Å². The Kier molecular flexibility index (Phi) is 2.83. The molecule has 1 heteroatoms. The van der Waals surface area contributed by atoms with E-state index in [1.807, 2.05) is 0 Å². The van der Waals surface area contributed by atoms with Gasteiger partial charge in [0.05, 0.1) is 6.61 Å². The Morgan fingerprint density at radius 2 is 1.83 bits per heavy atom. The molecule has 0 aliphatic carbocycles. The Balaban J connectivity index is 2.13. The minimum Gasteiger partial charge on any atom is -0.492 e. The first-order valence-electron chi connectivity index (χ1n) is 6.64. The van der Waals surface area contributed by atoms with Crippen LogP contribution in [0.1, 0.15) is 23.6 Å². The summed E-state index contributed by atoms with van der Waals surface area (Å²) < 4.78 is 5.86. The highest BCUT2D eigenvalue weighted by molar-refractivity contribution is 5.74. The summed E-state index contributed by atoms with van der Waals surface area (Å²) in [6.45, 7) is 5.15. The predicted molar refractivity (Wildman–Crippen MR) is 75.2 cm³/mol. The molecule has 3 rings (SSSR count). The van der Waals surface area contributed by atoms with E-state index in [0.717, 1.165) is 25.2 Å². The summed E-state index contributed by atoms with van der Waals surface area (Å²) in [4.78, 5) is 0. The lowest BCUT2D eigenvalue weighted by Gasteiger charge is -2.11. The maximum atomic E-state index is 5.86. The molecule has 0 amide bonds. The minimum atomic E-state index is 0.825. The molecule has 0 unspecified atom stereocenters. The average Bonchev–Trinajstić information content (AvgIpc) is 2.88. The first-order chi connectivity index (χ1) is 8.79. The van der Waals surface area contributed by atoms with Crippen molar-refractivity contribution in [3.8, 4) is 16.9 Å². The van der Waals surface area contributed by atoms with E-state index >= 15 is 0 Å². The van der Waals surface area contributed by atoms with Crippen molar-refractivity contribution in [3.63, 3.8) is 0 Å². The van der Waals surface area contributed by atoms with Crippen LogP contribution in [0.5, 0.6) is 5.75 Å². The van der Waals surface area contributed by atoms with Gasteiger partial charge in [-0.25, -0.2) is 0 Å². The highest BCUT2D eigenvalue weighted by Crippen LogP contribution is 2.38.